The lowest BCUT2D eigenvalue weighted by molar-refractivity contribution is 0.320. The van der Waals surface area contributed by atoms with Crippen molar-refractivity contribution in [1.82, 2.24) is 0 Å². The third kappa shape index (κ3) is 3.08. The Morgan fingerprint density at radius 1 is 1.00 bits per heavy atom. The summed E-state index contributed by atoms with van der Waals surface area (Å²) in [7, 11) is 0. The molecule has 0 spiro atoms. The lowest BCUT2D eigenvalue weighted by Crippen LogP contribution is -1.96. The molecule has 0 aliphatic rings. The van der Waals surface area contributed by atoms with Gasteiger partial charge in [-0.15, -0.1) is 0 Å². The van der Waals surface area contributed by atoms with Crippen LogP contribution in [0.15, 0.2) is 65.8 Å². The fraction of sp³-hybridized carbons (Fsp3) is 0.0625. The number of allylic oxidation sites excluding steroid dienone is 1. The van der Waals surface area contributed by atoms with Crippen molar-refractivity contribution in [2.45, 2.75) is 6.92 Å². The van der Waals surface area contributed by atoms with Crippen LogP contribution in [0, 0.1) is 6.92 Å². The van der Waals surface area contributed by atoms with Crippen LogP contribution < -0.4 is 0 Å². The van der Waals surface area contributed by atoms with Crippen molar-refractivity contribution in [3.8, 4) is 0 Å². The SMILES string of the molecule is Cc1ccc(C(/C=C/c2ccccc2)=N\O)cc1. The molecule has 2 aromatic carbocycles. The molecule has 0 atom stereocenters. The Morgan fingerprint density at radius 3 is 2.28 bits per heavy atom. The van der Waals surface area contributed by atoms with E-state index in [0.717, 1.165) is 11.1 Å². The van der Waals surface area contributed by atoms with E-state index in [2.05, 4.69) is 5.16 Å². The van der Waals surface area contributed by atoms with Gasteiger partial charge in [0.25, 0.3) is 0 Å². The smallest absolute Gasteiger partial charge is 0.109 e. The summed E-state index contributed by atoms with van der Waals surface area (Å²) in [5.74, 6) is 0. The minimum atomic E-state index is 0.554. The number of oxime groups is 1. The predicted molar refractivity (Wildman–Crippen MR) is 75.0 cm³/mol. The second-order valence-electron chi connectivity index (χ2n) is 4.10. The summed E-state index contributed by atoms with van der Waals surface area (Å²) in [6.07, 6.45) is 3.73. The van der Waals surface area contributed by atoms with Gasteiger partial charge < -0.3 is 5.21 Å². The fourth-order valence-corrected chi connectivity index (χ4v) is 1.65. The van der Waals surface area contributed by atoms with E-state index in [4.69, 9.17) is 5.21 Å². The number of aryl methyl sites for hydroxylation is 1. The highest BCUT2D eigenvalue weighted by Crippen LogP contribution is 2.08. The van der Waals surface area contributed by atoms with Crippen LogP contribution in [0.25, 0.3) is 6.08 Å². The molecular formula is C16H15NO. The largest absolute Gasteiger partial charge is 0.410 e. The van der Waals surface area contributed by atoms with Crippen molar-refractivity contribution in [1.29, 1.82) is 0 Å². The molecule has 0 saturated carbocycles. The maximum Gasteiger partial charge on any atom is 0.109 e. The van der Waals surface area contributed by atoms with E-state index in [0.29, 0.717) is 5.71 Å². The van der Waals surface area contributed by atoms with Crippen LogP contribution in [-0.2, 0) is 0 Å². The third-order valence-electron chi connectivity index (χ3n) is 2.69. The zero-order valence-corrected chi connectivity index (χ0v) is 10.2. The minimum Gasteiger partial charge on any atom is -0.410 e. The number of rotatable bonds is 3. The average Bonchev–Trinajstić information content (AvgIpc) is 2.42. The molecule has 0 unspecified atom stereocenters. The summed E-state index contributed by atoms with van der Waals surface area (Å²) in [6.45, 7) is 2.03. The van der Waals surface area contributed by atoms with Crippen molar-refractivity contribution in [2.24, 2.45) is 5.16 Å². The first-order valence-electron chi connectivity index (χ1n) is 5.82. The molecule has 0 radical (unpaired) electrons. The second-order valence-corrected chi connectivity index (χ2v) is 4.10. The van der Waals surface area contributed by atoms with Gasteiger partial charge in [0.15, 0.2) is 0 Å². The van der Waals surface area contributed by atoms with Crippen molar-refractivity contribution >= 4 is 11.8 Å². The average molecular weight is 237 g/mol. The van der Waals surface area contributed by atoms with E-state index in [9.17, 15) is 0 Å². The zero-order chi connectivity index (χ0) is 12.8. The van der Waals surface area contributed by atoms with Gasteiger partial charge in [-0.25, -0.2) is 0 Å². The number of nitrogens with zero attached hydrogens (tertiary/aromatic N) is 1. The molecule has 2 rings (SSSR count). The Hall–Kier alpha value is -2.35. The van der Waals surface area contributed by atoms with E-state index in [1.54, 1.807) is 6.08 Å². The van der Waals surface area contributed by atoms with E-state index in [-0.39, 0.29) is 0 Å². The van der Waals surface area contributed by atoms with Gasteiger partial charge in [-0.2, -0.15) is 0 Å². The molecule has 0 fully saturated rings. The van der Waals surface area contributed by atoms with E-state index in [1.165, 1.54) is 5.56 Å². The molecule has 0 aliphatic heterocycles. The Morgan fingerprint density at radius 2 is 1.67 bits per heavy atom. The predicted octanol–water partition coefficient (Wildman–Crippen LogP) is 3.89. The highest BCUT2D eigenvalue weighted by molar-refractivity contribution is 6.10. The molecule has 0 bridgehead atoms. The first kappa shape index (κ1) is 12.1. The van der Waals surface area contributed by atoms with Crippen molar-refractivity contribution < 1.29 is 5.21 Å². The first-order chi connectivity index (χ1) is 8.79. The molecule has 1 N–H and O–H groups in total. The highest BCUT2D eigenvalue weighted by Gasteiger charge is 1.99. The topological polar surface area (TPSA) is 32.6 Å². The quantitative estimate of drug-likeness (QED) is 0.490. The van der Waals surface area contributed by atoms with Crippen LogP contribution in [0.1, 0.15) is 16.7 Å². The molecule has 18 heavy (non-hydrogen) atoms. The number of hydrogen-bond donors (Lipinski definition) is 1. The first-order valence-corrected chi connectivity index (χ1v) is 5.82. The fourth-order valence-electron chi connectivity index (χ4n) is 1.65. The summed E-state index contributed by atoms with van der Waals surface area (Å²) < 4.78 is 0. The second kappa shape index (κ2) is 5.82. The van der Waals surface area contributed by atoms with Crippen LogP contribution >= 0.6 is 0 Å². The van der Waals surface area contributed by atoms with Gasteiger partial charge >= 0.3 is 0 Å². The summed E-state index contributed by atoms with van der Waals surface area (Å²) >= 11 is 0. The van der Waals surface area contributed by atoms with Crippen LogP contribution in [0.4, 0.5) is 0 Å². The van der Waals surface area contributed by atoms with Gasteiger partial charge in [0, 0.05) is 5.56 Å². The van der Waals surface area contributed by atoms with Crippen molar-refractivity contribution in [3.05, 3.63) is 77.4 Å². The van der Waals surface area contributed by atoms with Crippen LogP contribution in [0.5, 0.6) is 0 Å². The molecule has 0 aromatic heterocycles. The molecule has 90 valence electrons. The zero-order valence-electron chi connectivity index (χ0n) is 10.2. The normalized spacial score (nSPS) is 11.9. The Kier molecular flexibility index (Phi) is 3.92. The van der Waals surface area contributed by atoms with Gasteiger partial charge in [0.05, 0.1) is 0 Å². The lowest BCUT2D eigenvalue weighted by atomic mass is 10.1. The summed E-state index contributed by atoms with van der Waals surface area (Å²) in [4.78, 5) is 0. The maximum absolute atomic E-state index is 9.06. The van der Waals surface area contributed by atoms with Gasteiger partial charge in [-0.05, 0) is 18.6 Å². The molecule has 2 heteroatoms. The Balaban J connectivity index is 2.21. The van der Waals surface area contributed by atoms with Crippen LogP contribution in [-0.4, -0.2) is 10.9 Å². The van der Waals surface area contributed by atoms with Crippen molar-refractivity contribution in [2.75, 3.05) is 0 Å². The number of hydrogen-bond acceptors (Lipinski definition) is 2. The van der Waals surface area contributed by atoms with E-state index >= 15 is 0 Å². The van der Waals surface area contributed by atoms with Crippen molar-refractivity contribution in [3.63, 3.8) is 0 Å². The van der Waals surface area contributed by atoms with Crippen LogP contribution in [0.3, 0.4) is 0 Å². The molecule has 2 nitrogen and oxygen atoms in total. The molecule has 2 aromatic rings. The lowest BCUT2D eigenvalue weighted by Gasteiger charge is -2.00. The van der Waals surface area contributed by atoms with Gasteiger partial charge in [-0.3, -0.25) is 0 Å². The van der Waals surface area contributed by atoms with E-state index < -0.39 is 0 Å². The molecule has 0 saturated heterocycles. The molecule has 0 heterocycles. The minimum absolute atomic E-state index is 0.554. The molecule has 0 aliphatic carbocycles. The summed E-state index contributed by atoms with van der Waals surface area (Å²) in [5.41, 5.74) is 3.71. The Labute approximate surface area is 107 Å². The van der Waals surface area contributed by atoms with Gasteiger partial charge in [-0.1, -0.05) is 71.4 Å². The standard InChI is InChI=1S/C16H15NO/c1-13-7-10-15(11-8-13)16(17-18)12-9-14-5-3-2-4-6-14/h2-12,18H,1H3/b12-9+,17-16-. The van der Waals surface area contributed by atoms with Gasteiger partial charge in [0.1, 0.15) is 5.71 Å². The maximum atomic E-state index is 9.06. The van der Waals surface area contributed by atoms with Crippen LogP contribution in [0.2, 0.25) is 0 Å². The molecular weight excluding hydrogens is 222 g/mol. The monoisotopic (exact) mass is 237 g/mol. The van der Waals surface area contributed by atoms with Gasteiger partial charge in [0.2, 0.25) is 0 Å². The molecule has 0 amide bonds. The summed E-state index contributed by atoms with van der Waals surface area (Å²) in [6, 6.07) is 17.8. The van der Waals surface area contributed by atoms with E-state index in [1.807, 2.05) is 67.6 Å². The summed E-state index contributed by atoms with van der Waals surface area (Å²) in [5, 5.41) is 12.4. The number of benzene rings is 2. The third-order valence-corrected chi connectivity index (χ3v) is 2.69. The highest BCUT2D eigenvalue weighted by atomic mass is 16.4. The Bertz CT molecular complexity index is 553.